The van der Waals surface area contributed by atoms with Gasteiger partial charge in [0.15, 0.2) is 0 Å². The number of nitrogens with zero attached hydrogens (tertiary/aromatic N) is 1. The van der Waals surface area contributed by atoms with Crippen molar-refractivity contribution in [2.75, 3.05) is 0 Å². The molecule has 0 aliphatic rings. The number of rotatable bonds is 2. The van der Waals surface area contributed by atoms with Gasteiger partial charge in [0, 0.05) is 5.56 Å². The van der Waals surface area contributed by atoms with E-state index in [0.717, 1.165) is 0 Å². The average molecular weight is 240 g/mol. The summed E-state index contributed by atoms with van der Waals surface area (Å²) in [5, 5.41) is 9.13. The van der Waals surface area contributed by atoms with E-state index in [2.05, 4.69) is 0 Å². The van der Waals surface area contributed by atoms with E-state index >= 15 is 0 Å². The van der Waals surface area contributed by atoms with Gasteiger partial charge in [0.05, 0.1) is 11.1 Å². The molecule has 0 heterocycles. The van der Waals surface area contributed by atoms with Crippen molar-refractivity contribution in [1.29, 1.82) is 5.26 Å². The highest BCUT2D eigenvalue weighted by Gasteiger charge is 2.13. The maximum absolute atomic E-state index is 12.9. The molecule has 4 heteroatoms. The fraction of sp³-hybridized carbons (Fsp3) is 0. The fourth-order valence-corrected chi connectivity index (χ4v) is 1.75. The van der Waals surface area contributed by atoms with Gasteiger partial charge in [-0.05, 0) is 23.8 Å². The van der Waals surface area contributed by atoms with Crippen LogP contribution in [0.25, 0.3) is 11.1 Å². The molecule has 0 spiro atoms. The normalized spacial score (nSPS) is 9.78. The van der Waals surface area contributed by atoms with Crippen molar-refractivity contribution < 1.29 is 9.18 Å². The monoisotopic (exact) mass is 240 g/mol. The Labute approximate surface area is 103 Å². The molecule has 0 bridgehead atoms. The van der Waals surface area contributed by atoms with Crippen LogP contribution in [-0.4, -0.2) is 5.91 Å². The topological polar surface area (TPSA) is 66.9 Å². The first-order valence-corrected chi connectivity index (χ1v) is 5.22. The van der Waals surface area contributed by atoms with Gasteiger partial charge in [0.25, 0.3) is 0 Å². The molecule has 0 aliphatic carbocycles. The van der Waals surface area contributed by atoms with Crippen LogP contribution in [-0.2, 0) is 0 Å². The molecule has 2 rings (SSSR count). The number of primary amides is 1. The maximum Gasteiger partial charge on any atom is 0.250 e. The molecule has 1 amide bonds. The second-order valence-corrected chi connectivity index (χ2v) is 3.71. The van der Waals surface area contributed by atoms with Gasteiger partial charge in [0.2, 0.25) is 5.91 Å². The molecule has 0 saturated carbocycles. The highest BCUT2D eigenvalue weighted by Crippen LogP contribution is 2.25. The predicted molar refractivity (Wildman–Crippen MR) is 65.1 cm³/mol. The summed E-state index contributed by atoms with van der Waals surface area (Å²) in [5.41, 5.74) is 6.81. The number of nitriles is 1. The zero-order valence-corrected chi connectivity index (χ0v) is 9.35. The van der Waals surface area contributed by atoms with E-state index in [1.165, 1.54) is 18.2 Å². The molecular weight excluding hydrogens is 231 g/mol. The summed E-state index contributed by atoms with van der Waals surface area (Å²) < 4.78 is 12.9. The van der Waals surface area contributed by atoms with Crippen molar-refractivity contribution in [1.82, 2.24) is 0 Å². The smallest absolute Gasteiger partial charge is 0.250 e. The van der Waals surface area contributed by atoms with Crippen molar-refractivity contribution in [3.8, 4) is 17.2 Å². The van der Waals surface area contributed by atoms with Crippen LogP contribution in [0.3, 0.4) is 0 Å². The number of carbonyl (C=O) groups excluding carboxylic acids is 1. The standard InChI is InChI=1S/C14H9FN2O/c15-10-6-4-9(5-7-10)11-2-1-3-12(14(17)18)13(11)8-16/h1-7H,(H2,17,18). The molecule has 0 radical (unpaired) electrons. The lowest BCUT2D eigenvalue weighted by Gasteiger charge is -2.07. The van der Waals surface area contributed by atoms with Crippen molar-refractivity contribution in [3.05, 3.63) is 59.4 Å². The van der Waals surface area contributed by atoms with Crippen molar-refractivity contribution in [2.45, 2.75) is 0 Å². The number of hydrogen-bond donors (Lipinski definition) is 1. The Morgan fingerprint density at radius 3 is 2.39 bits per heavy atom. The van der Waals surface area contributed by atoms with Gasteiger partial charge in [-0.1, -0.05) is 24.3 Å². The van der Waals surface area contributed by atoms with E-state index in [4.69, 9.17) is 11.0 Å². The first-order valence-electron chi connectivity index (χ1n) is 5.22. The van der Waals surface area contributed by atoms with Gasteiger partial charge in [-0.15, -0.1) is 0 Å². The number of benzene rings is 2. The first-order chi connectivity index (χ1) is 8.63. The van der Waals surface area contributed by atoms with Gasteiger partial charge in [-0.2, -0.15) is 5.26 Å². The number of carbonyl (C=O) groups is 1. The lowest BCUT2D eigenvalue weighted by atomic mass is 9.96. The molecule has 0 aliphatic heterocycles. The van der Waals surface area contributed by atoms with E-state index in [1.807, 2.05) is 6.07 Å². The van der Waals surface area contributed by atoms with Crippen LogP contribution >= 0.6 is 0 Å². The average Bonchev–Trinajstić information content (AvgIpc) is 2.38. The van der Waals surface area contributed by atoms with Gasteiger partial charge in [-0.25, -0.2) is 4.39 Å². The van der Waals surface area contributed by atoms with E-state index in [1.54, 1.807) is 24.3 Å². The minimum absolute atomic E-state index is 0.166. The molecule has 0 saturated heterocycles. The maximum atomic E-state index is 12.9. The highest BCUT2D eigenvalue weighted by atomic mass is 19.1. The zero-order chi connectivity index (χ0) is 13.1. The summed E-state index contributed by atoms with van der Waals surface area (Å²) >= 11 is 0. The molecule has 18 heavy (non-hydrogen) atoms. The van der Waals surface area contributed by atoms with Gasteiger partial charge < -0.3 is 5.73 Å². The summed E-state index contributed by atoms with van der Waals surface area (Å²) in [6, 6.07) is 12.5. The number of nitrogens with two attached hydrogens (primary N) is 1. The van der Waals surface area contributed by atoms with Gasteiger partial charge in [-0.3, -0.25) is 4.79 Å². The Morgan fingerprint density at radius 2 is 1.83 bits per heavy atom. The van der Waals surface area contributed by atoms with Crippen LogP contribution in [0.15, 0.2) is 42.5 Å². The van der Waals surface area contributed by atoms with Crippen LogP contribution in [0.4, 0.5) is 4.39 Å². The van der Waals surface area contributed by atoms with Crippen LogP contribution in [0, 0.1) is 17.1 Å². The molecule has 0 fully saturated rings. The Kier molecular flexibility index (Phi) is 3.07. The minimum Gasteiger partial charge on any atom is -0.366 e. The quantitative estimate of drug-likeness (QED) is 0.876. The van der Waals surface area contributed by atoms with Gasteiger partial charge in [0.1, 0.15) is 11.9 Å². The summed E-state index contributed by atoms with van der Waals surface area (Å²) in [5.74, 6) is -1.01. The first kappa shape index (κ1) is 11.8. The third-order valence-electron chi connectivity index (χ3n) is 2.60. The van der Waals surface area contributed by atoms with Crippen LogP contribution in [0.2, 0.25) is 0 Å². The second kappa shape index (κ2) is 4.68. The number of hydrogen-bond acceptors (Lipinski definition) is 2. The lowest BCUT2D eigenvalue weighted by Crippen LogP contribution is -2.13. The van der Waals surface area contributed by atoms with Gasteiger partial charge >= 0.3 is 0 Å². The molecule has 2 aromatic carbocycles. The van der Waals surface area contributed by atoms with E-state index < -0.39 is 5.91 Å². The summed E-state index contributed by atoms with van der Waals surface area (Å²) in [7, 11) is 0. The van der Waals surface area contributed by atoms with E-state index in [-0.39, 0.29) is 16.9 Å². The number of halogens is 1. The van der Waals surface area contributed by atoms with Crippen LogP contribution in [0.5, 0.6) is 0 Å². The van der Waals surface area contributed by atoms with Crippen molar-refractivity contribution >= 4 is 5.91 Å². The van der Waals surface area contributed by atoms with Crippen LogP contribution in [0.1, 0.15) is 15.9 Å². The van der Waals surface area contributed by atoms with E-state index in [0.29, 0.717) is 11.1 Å². The zero-order valence-electron chi connectivity index (χ0n) is 9.35. The summed E-state index contributed by atoms with van der Waals surface area (Å²) in [6.07, 6.45) is 0. The summed E-state index contributed by atoms with van der Waals surface area (Å²) in [6.45, 7) is 0. The molecule has 0 unspecified atom stereocenters. The molecule has 0 aromatic heterocycles. The minimum atomic E-state index is -0.657. The largest absolute Gasteiger partial charge is 0.366 e. The summed E-state index contributed by atoms with van der Waals surface area (Å²) in [4.78, 5) is 11.2. The van der Waals surface area contributed by atoms with Crippen molar-refractivity contribution in [3.63, 3.8) is 0 Å². The predicted octanol–water partition coefficient (Wildman–Crippen LogP) is 2.46. The molecule has 2 N–H and O–H groups in total. The Bertz CT molecular complexity index is 642. The molecule has 88 valence electrons. The third-order valence-corrected chi connectivity index (χ3v) is 2.60. The van der Waals surface area contributed by atoms with Crippen LogP contribution < -0.4 is 5.73 Å². The second-order valence-electron chi connectivity index (χ2n) is 3.71. The Balaban J connectivity index is 2.65. The highest BCUT2D eigenvalue weighted by molar-refractivity contribution is 5.97. The fourth-order valence-electron chi connectivity index (χ4n) is 1.75. The molecule has 0 atom stereocenters. The van der Waals surface area contributed by atoms with Crippen molar-refractivity contribution in [2.24, 2.45) is 5.73 Å². The molecule has 3 nitrogen and oxygen atoms in total. The Hall–Kier alpha value is -2.67. The lowest BCUT2D eigenvalue weighted by molar-refractivity contribution is 0.1000. The Morgan fingerprint density at radius 1 is 1.17 bits per heavy atom. The SMILES string of the molecule is N#Cc1c(C(N)=O)cccc1-c1ccc(F)cc1. The molecular formula is C14H9FN2O. The third kappa shape index (κ3) is 2.06. The van der Waals surface area contributed by atoms with E-state index in [9.17, 15) is 9.18 Å². The number of amides is 1. The molecule has 2 aromatic rings.